The third kappa shape index (κ3) is 10.5. The first kappa shape index (κ1) is 22.9. The molecule has 0 aliphatic heterocycles. The number of carbonyl (C=O) groups is 2. The highest BCUT2D eigenvalue weighted by Crippen LogP contribution is 2.21. The monoisotopic (exact) mass is 376 g/mol. The molecule has 0 aromatic heterocycles. The number of hydrogen-bond acceptors (Lipinski definition) is 4. The molecule has 1 saturated carbocycles. The van der Waals surface area contributed by atoms with Crippen LogP contribution in [0, 0.1) is 0 Å². The highest BCUT2D eigenvalue weighted by molar-refractivity contribution is 5.89. The number of carboxylic acids is 2. The quantitative estimate of drug-likeness (QED) is 0.661. The van der Waals surface area contributed by atoms with Gasteiger partial charge in [0.25, 0.3) is 0 Å². The Hall–Kier alpha value is -2.18. The summed E-state index contributed by atoms with van der Waals surface area (Å²) in [6, 6.07) is 12.1. The number of carboxylic acid groups (broad SMARTS) is 2. The lowest BCUT2D eigenvalue weighted by molar-refractivity contribution is -0.134. The minimum absolute atomic E-state index is 0.558. The van der Waals surface area contributed by atoms with E-state index in [2.05, 4.69) is 54.6 Å². The topological polar surface area (TPSA) is 89.9 Å². The second-order valence-corrected chi connectivity index (χ2v) is 7.01. The van der Waals surface area contributed by atoms with Gasteiger partial charge < -0.3 is 20.4 Å². The Morgan fingerprint density at radius 1 is 1.00 bits per heavy atom. The SMILES string of the molecule is CN(C)[C@@H]1CCCCCC[C@H]1NCc1ccccc1.O=C(O)/C=C\C(=O)O. The molecule has 27 heavy (non-hydrogen) atoms. The van der Waals surface area contributed by atoms with Gasteiger partial charge in [0.15, 0.2) is 0 Å². The van der Waals surface area contributed by atoms with Gasteiger partial charge in [-0.1, -0.05) is 56.0 Å². The smallest absolute Gasteiger partial charge is 0.328 e. The fourth-order valence-corrected chi connectivity index (χ4v) is 3.31. The van der Waals surface area contributed by atoms with E-state index in [1.165, 1.54) is 44.1 Å². The van der Waals surface area contributed by atoms with E-state index < -0.39 is 11.9 Å². The maximum atomic E-state index is 9.55. The van der Waals surface area contributed by atoms with E-state index in [1.807, 2.05) is 0 Å². The zero-order valence-electron chi connectivity index (χ0n) is 16.3. The maximum Gasteiger partial charge on any atom is 0.328 e. The lowest BCUT2D eigenvalue weighted by Crippen LogP contribution is -2.47. The molecule has 0 bridgehead atoms. The van der Waals surface area contributed by atoms with Crippen molar-refractivity contribution in [3.8, 4) is 0 Å². The van der Waals surface area contributed by atoms with E-state index in [9.17, 15) is 9.59 Å². The largest absolute Gasteiger partial charge is 0.478 e. The van der Waals surface area contributed by atoms with Crippen molar-refractivity contribution in [3.63, 3.8) is 0 Å². The van der Waals surface area contributed by atoms with Crippen molar-refractivity contribution < 1.29 is 19.8 Å². The van der Waals surface area contributed by atoms with Gasteiger partial charge in [0.05, 0.1) is 0 Å². The minimum atomic E-state index is -1.26. The van der Waals surface area contributed by atoms with Gasteiger partial charge in [0.1, 0.15) is 0 Å². The predicted molar refractivity (Wildman–Crippen MR) is 107 cm³/mol. The fourth-order valence-electron chi connectivity index (χ4n) is 3.31. The van der Waals surface area contributed by atoms with Crippen molar-refractivity contribution in [3.05, 3.63) is 48.0 Å². The van der Waals surface area contributed by atoms with Crippen LogP contribution < -0.4 is 5.32 Å². The zero-order chi connectivity index (χ0) is 20.1. The molecular formula is C21H32N2O4. The first-order chi connectivity index (χ1) is 12.9. The summed E-state index contributed by atoms with van der Waals surface area (Å²) in [6.07, 6.45) is 9.34. The van der Waals surface area contributed by atoms with Crippen LogP contribution in [0.1, 0.15) is 44.1 Å². The number of nitrogens with zero attached hydrogens (tertiary/aromatic N) is 1. The van der Waals surface area contributed by atoms with E-state index in [0.717, 1.165) is 6.54 Å². The molecule has 6 nitrogen and oxygen atoms in total. The van der Waals surface area contributed by atoms with Crippen LogP contribution in [0.5, 0.6) is 0 Å². The molecule has 0 heterocycles. The van der Waals surface area contributed by atoms with Crippen LogP contribution in [0.2, 0.25) is 0 Å². The number of nitrogens with one attached hydrogen (secondary N) is 1. The van der Waals surface area contributed by atoms with Crippen molar-refractivity contribution in [1.29, 1.82) is 0 Å². The Morgan fingerprint density at radius 3 is 2.07 bits per heavy atom. The standard InChI is InChI=1S/C17H28N2.C4H4O4/c1-19(2)17-13-9-4-3-8-12-16(17)18-14-15-10-6-5-7-11-15;5-3(6)1-2-4(7)8/h5-7,10-11,16-18H,3-4,8-9,12-14H2,1-2H3;1-2H,(H,5,6)(H,7,8)/b;2-1-/t16-,17-;/m1./s1. The minimum Gasteiger partial charge on any atom is -0.478 e. The van der Waals surface area contributed by atoms with Gasteiger partial charge in [-0.25, -0.2) is 9.59 Å². The summed E-state index contributed by atoms with van der Waals surface area (Å²) in [5.41, 5.74) is 1.39. The third-order valence-electron chi connectivity index (χ3n) is 4.67. The van der Waals surface area contributed by atoms with Crippen molar-refractivity contribution in [2.24, 2.45) is 0 Å². The average molecular weight is 376 g/mol. The molecule has 3 N–H and O–H groups in total. The van der Waals surface area contributed by atoms with Crippen LogP contribution in [0.25, 0.3) is 0 Å². The number of benzene rings is 1. The second kappa shape index (κ2) is 13.1. The van der Waals surface area contributed by atoms with Gasteiger partial charge in [-0.15, -0.1) is 0 Å². The molecule has 0 amide bonds. The molecule has 1 fully saturated rings. The van der Waals surface area contributed by atoms with Crippen LogP contribution >= 0.6 is 0 Å². The third-order valence-corrected chi connectivity index (χ3v) is 4.67. The normalized spacial score (nSPS) is 20.4. The zero-order valence-corrected chi connectivity index (χ0v) is 16.3. The summed E-state index contributed by atoms with van der Waals surface area (Å²) in [7, 11) is 4.45. The molecule has 0 spiro atoms. The molecule has 6 heteroatoms. The molecule has 0 radical (unpaired) electrons. The Morgan fingerprint density at radius 2 is 1.56 bits per heavy atom. The molecule has 1 aromatic carbocycles. The summed E-state index contributed by atoms with van der Waals surface area (Å²) in [4.78, 5) is 21.5. The number of likely N-dealkylation sites (N-methyl/N-ethyl adjacent to an activating group) is 1. The van der Waals surface area contributed by atoms with Gasteiger partial charge >= 0.3 is 11.9 Å². The summed E-state index contributed by atoms with van der Waals surface area (Å²) >= 11 is 0. The van der Waals surface area contributed by atoms with Gasteiger partial charge in [-0.3, -0.25) is 0 Å². The Labute approximate surface area is 161 Å². The van der Waals surface area contributed by atoms with Gasteiger partial charge in [-0.05, 0) is 32.5 Å². The lowest BCUT2D eigenvalue weighted by Gasteiger charge is -2.35. The van der Waals surface area contributed by atoms with Crippen molar-refractivity contribution in [1.82, 2.24) is 10.2 Å². The van der Waals surface area contributed by atoms with Gasteiger partial charge in [-0.2, -0.15) is 0 Å². The average Bonchev–Trinajstić information content (AvgIpc) is 2.60. The van der Waals surface area contributed by atoms with Crippen LogP contribution in [-0.2, 0) is 16.1 Å². The van der Waals surface area contributed by atoms with Crippen molar-refractivity contribution in [2.75, 3.05) is 14.1 Å². The summed E-state index contributed by atoms with van der Waals surface area (Å²) in [5.74, 6) is -2.51. The molecule has 2 atom stereocenters. The summed E-state index contributed by atoms with van der Waals surface area (Å²) in [6.45, 7) is 0.996. The fraction of sp³-hybridized carbons (Fsp3) is 0.524. The van der Waals surface area contributed by atoms with Crippen LogP contribution in [-0.4, -0.2) is 53.2 Å². The van der Waals surface area contributed by atoms with E-state index in [1.54, 1.807) is 0 Å². The van der Waals surface area contributed by atoms with E-state index in [0.29, 0.717) is 24.2 Å². The molecule has 150 valence electrons. The lowest BCUT2D eigenvalue weighted by atomic mass is 9.91. The van der Waals surface area contributed by atoms with Gasteiger partial charge in [0, 0.05) is 30.8 Å². The van der Waals surface area contributed by atoms with E-state index in [4.69, 9.17) is 10.2 Å². The maximum absolute atomic E-state index is 9.55. The molecule has 0 saturated heterocycles. The molecule has 1 aromatic rings. The number of rotatable bonds is 6. The van der Waals surface area contributed by atoms with E-state index in [-0.39, 0.29) is 0 Å². The second-order valence-electron chi connectivity index (χ2n) is 7.01. The Bertz CT molecular complexity index is 571. The molecule has 1 aliphatic rings. The highest BCUT2D eigenvalue weighted by atomic mass is 16.4. The number of hydrogen-bond donors (Lipinski definition) is 3. The Balaban J connectivity index is 0.000000387. The summed E-state index contributed by atoms with van der Waals surface area (Å²) < 4.78 is 0. The predicted octanol–water partition coefficient (Wildman–Crippen LogP) is 3.14. The molecular weight excluding hydrogens is 344 g/mol. The van der Waals surface area contributed by atoms with Crippen molar-refractivity contribution >= 4 is 11.9 Å². The van der Waals surface area contributed by atoms with Crippen LogP contribution in [0.4, 0.5) is 0 Å². The van der Waals surface area contributed by atoms with E-state index >= 15 is 0 Å². The number of aliphatic carboxylic acids is 2. The van der Waals surface area contributed by atoms with Gasteiger partial charge in [0.2, 0.25) is 0 Å². The van der Waals surface area contributed by atoms with Crippen molar-refractivity contribution in [2.45, 2.75) is 57.2 Å². The Kier molecular flexibility index (Phi) is 11.1. The first-order valence-corrected chi connectivity index (χ1v) is 9.48. The molecule has 1 aliphatic carbocycles. The molecule has 0 unspecified atom stereocenters. The van der Waals surface area contributed by atoms with Crippen LogP contribution in [0.3, 0.4) is 0 Å². The molecule has 2 rings (SSSR count). The highest BCUT2D eigenvalue weighted by Gasteiger charge is 2.23. The first-order valence-electron chi connectivity index (χ1n) is 9.48. The summed E-state index contributed by atoms with van der Waals surface area (Å²) in [5, 5.41) is 19.4. The van der Waals surface area contributed by atoms with Crippen LogP contribution in [0.15, 0.2) is 42.5 Å².